The van der Waals surface area contributed by atoms with Crippen molar-refractivity contribution in [2.45, 2.75) is 0 Å². The summed E-state index contributed by atoms with van der Waals surface area (Å²) in [5.41, 5.74) is 0. The van der Waals surface area contributed by atoms with Gasteiger partial charge in [-0.15, -0.1) is 0 Å². The quantitative estimate of drug-likeness (QED) is 0.519. The monoisotopic (exact) mass is 147 g/mol. The molecule has 4 heteroatoms. The van der Waals surface area contributed by atoms with Gasteiger partial charge in [-0.05, 0) is 0 Å². The molecule has 59 valence electrons. The Hall–Kier alpha value is -0.610. The number of hydrogen-bond donors (Lipinski definition) is 1. The second-order valence-corrected chi connectivity index (χ2v) is 2.91. The van der Waals surface area contributed by atoms with Crippen LogP contribution in [-0.4, -0.2) is 49.4 Å². The van der Waals surface area contributed by atoms with E-state index in [9.17, 15) is 9.90 Å². The fraction of sp³-hybridized carbons (Fsp3) is 0.833. The van der Waals surface area contributed by atoms with E-state index in [1.165, 1.54) is 0 Å². The minimum Gasteiger partial charge on any atom is -0.391 e. The van der Waals surface area contributed by atoms with E-state index in [0.717, 1.165) is 0 Å². The molecule has 0 aromatic carbocycles. The molecule has 10 heavy (non-hydrogen) atoms. The van der Waals surface area contributed by atoms with E-state index in [-0.39, 0.29) is 17.6 Å². The highest BCUT2D eigenvalue weighted by molar-refractivity contribution is 5.67. The van der Waals surface area contributed by atoms with Crippen LogP contribution < -0.4 is 0 Å². The van der Waals surface area contributed by atoms with E-state index in [1.54, 1.807) is 14.1 Å². The summed E-state index contributed by atoms with van der Waals surface area (Å²) in [5, 5.41) is 18.6. The molecule has 0 fully saturated rings. The SMILES string of the molecule is C[N+](C)(CCO)CC([O])=O. The highest BCUT2D eigenvalue weighted by atomic mass is 16.4. The lowest BCUT2D eigenvalue weighted by Crippen LogP contribution is -2.45. The third-order valence-electron chi connectivity index (χ3n) is 1.26. The third kappa shape index (κ3) is 4.29. The van der Waals surface area contributed by atoms with Crippen LogP contribution in [0.4, 0.5) is 0 Å². The molecule has 0 spiro atoms. The average Bonchev–Trinajstić information content (AvgIpc) is 1.59. The van der Waals surface area contributed by atoms with E-state index < -0.39 is 5.97 Å². The lowest BCUT2D eigenvalue weighted by molar-refractivity contribution is -0.883. The molecule has 0 heterocycles. The summed E-state index contributed by atoms with van der Waals surface area (Å²) < 4.78 is 0.263. The third-order valence-corrected chi connectivity index (χ3v) is 1.26. The smallest absolute Gasteiger partial charge is 0.391 e. The normalized spacial score (nSPS) is 11.5. The van der Waals surface area contributed by atoms with Crippen LogP contribution in [-0.2, 0) is 9.90 Å². The maximum absolute atomic E-state index is 10.1. The molecule has 0 aromatic heterocycles. The molecule has 0 aliphatic rings. The van der Waals surface area contributed by atoms with Crippen LogP contribution >= 0.6 is 0 Å². The summed E-state index contributed by atoms with van der Waals surface area (Å²) in [6.45, 7) is 0.384. The van der Waals surface area contributed by atoms with E-state index >= 15 is 0 Å². The number of quaternary nitrogens is 1. The van der Waals surface area contributed by atoms with E-state index in [1.807, 2.05) is 0 Å². The number of carbonyl (C=O) groups is 1. The Bertz CT molecular complexity index is 122. The predicted octanol–water partition coefficient (Wildman–Crippen LogP) is -0.988. The molecule has 0 bridgehead atoms. The summed E-state index contributed by atoms with van der Waals surface area (Å²) >= 11 is 0. The zero-order chi connectivity index (χ0) is 8.20. The minimum absolute atomic E-state index is 0.000278. The molecular weight excluding hydrogens is 134 g/mol. The Kier molecular flexibility index (Phi) is 3.32. The van der Waals surface area contributed by atoms with E-state index in [0.29, 0.717) is 6.54 Å². The van der Waals surface area contributed by atoms with Crippen molar-refractivity contribution in [3.8, 4) is 0 Å². The van der Waals surface area contributed by atoms with Gasteiger partial charge in [0.25, 0.3) is 0 Å². The highest BCUT2D eigenvalue weighted by Crippen LogP contribution is 1.94. The molecule has 0 rings (SSSR count). The molecule has 0 atom stereocenters. The first kappa shape index (κ1) is 9.39. The average molecular weight is 147 g/mol. The Balaban J connectivity index is 3.74. The summed E-state index contributed by atoms with van der Waals surface area (Å²) in [6, 6.07) is 0. The van der Waals surface area contributed by atoms with Crippen molar-refractivity contribution in [1.82, 2.24) is 0 Å². The molecule has 0 aromatic rings. The second kappa shape index (κ2) is 3.53. The largest absolute Gasteiger partial charge is 0.409 e. The fourth-order valence-electron chi connectivity index (χ4n) is 0.699. The number of likely N-dealkylation sites (N-methyl/N-ethyl adjacent to an activating group) is 1. The lowest BCUT2D eigenvalue weighted by atomic mass is 10.4. The second-order valence-electron chi connectivity index (χ2n) is 2.91. The van der Waals surface area contributed by atoms with Gasteiger partial charge < -0.3 is 9.59 Å². The predicted molar refractivity (Wildman–Crippen MR) is 34.6 cm³/mol. The summed E-state index contributed by atoms with van der Waals surface area (Å²) in [7, 11) is 3.46. The standard InChI is InChI=1S/C6H13NO3/c1-7(2,3-4-8)5-6(9)10/h8H,3-5H2,1-2H3/q+1. The highest BCUT2D eigenvalue weighted by Gasteiger charge is 2.19. The van der Waals surface area contributed by atoms with Crippen LogP contribution in [0.25, 0.3) is 0 Å². The number of carbonyl (C=O) groups excluding carboxylic acids is 1. The molecule has 4 nitrogen and oxygen atoms in total. The van der Waals surface area contributed by atoms with Gasteiger partial charge in [-0.25, -0.2) is 9.90 Å². The number of rotatable bonds is 4. The van der Waals surface area contributed by atoms with Gasteiger partial charge in [0.2, 0.25) is 0 Å². The van der Waals surface area contributed by atoms with Gasteiger partial charge in [-0.3, -0.25) is 0 Å². The van der Waals surface area contributed by atoms with Crippen molar-refractivity contribution in [3.63, 3.8) is 0 Å². The van der Waals surface area contributed by atoms with Crippen molar-refractivity contribution in [1.29, 1.82) is 0 Å². The van der Waals surface area contributed by atoms with Gasteiger partial charge in [0, 0.05) is 0 Å². The number of aliphatic hydroxyl groups is 1. The first-order chi connectivity index (χ1) is 4.48. The molecular formula is C6H13NO3+. The van der Waals surface area contributed by atoms with Crippen LogP contribution in [0.15, 0.2) is 0 Å². The molecule has 0 aliphatic heterocycles. The number of hydrogen-bond acceptors (Lipinski definition) is 2. The van der Waals surface area contributed by atoms with Gasteiger partial charge in [0.1, 0.15) is 6.54 Å². The number of aliphatic hydroxyl groups excluding tert-OH is 1. The van der Waals surface area contributed by atoms with Crippen LogP contribution in [0.2, 0.25) is 0 Å². The van der Waals surface area contributed by atoms with Crippen molar-refractivity contribution < 1.29 is 19.5 Å². The fourth-order valence-corrected chi connectivity index (χ4v) is 0.699. The first-order valence-electron chi connectivity index (χ1n) is 3.10. The van der Waals surface area contributed by atoms with E-state index in [4.69, 9.17) is 5.11 Å². The molecule has 0 aliphatic carbocycles. The van der Waals surface area contributed by atoms with Crippen LogP contribution in [0.1, 0.15) is 0 Å². The first-order valence-corrected chi connectivity index (χ1v) is 3.10. The molecule has 0 amide bonds. The summed E-state index contributed by atoms with van der Waals surface area (Å²) in [6.07, 6.45) is 0. The van der Waals surface area contributed by atoms with Crippen LogP contribution in [0.5, 0.6) is 0 Å². The Morgan fingerprint density at radius 1 is 1.50 bits per heavy atom. The van der Waals surface area contributed by atoms with Crippen molar-refractivity contribution in [2.24, 2.45) is 0 Å². The zero-order valence-corrected chi connectivity index (χ0v) is 6.33. The summed E-state index contributed by atoms with van der Waals surface area (Å²) in [4.78, 5) is 10.1. The van der Waals surface area contributed by atoms with Crippen molar-refractivity contribution in [2.75, 3.05) is 33.8 Å². The van der Waals surface area contributed by atoms with Crippen LogP contribution in [0, 0.1) is 0 Å². The van der Waals surface area contributed by atoms with Gasteiger partial charge in [-0.2, -0.15) is 0 Å². The van der Waals surface area contributed by atoms with Gasteiger partial charge in [0.15, 0.2) is 6.54 Å². The molecule has 1 radical (unpaired) electrons. The van der Waals surface area contributed by atoms with Crippen molar-refractivity contribution >= 4 is 5.97 Å². The maximum atomic E-state index is 10.1. The zero-order valence-electron chi connectivity index (χ0n) is 6.33. The maximum Gasteiger partial charge on any atom is 0.409 e. The Labute approximate surface area is 60.3 Å². The molecule has 0 saturated carbocycles. The topological polar surface area (TPSA) is 57.2 Å². The van der Waals surface area contributed by atoms with Gasteiger partial charge >= 0.3 is 5.97 Å². The van der Waals surface area contributed by atoms with E-state index in [2.05, 4.69) is 0 Å². The van der Waals surface area contributed by atoms with Gasteiger partial charge in [0.05, 0.1) is 20.7 Å². The minimum atomic E-state index is -1.08. The molecule has 1 N–H and O–H groups in total. The number of nitrogens with zero attached hydrogens (tertiary/aromatic N) is 1. The van der Waals surface area contributed by atoms with Crippen molar-refractivity contribution in [3.05, 3.63) is 0 Å². The Morgan fingerprint density at radius 3 is 2.30 bits per heavy atom. The Morgan fingerprint density at radius 2 is 2.00 bits per heavy atom. The van der Waals surface area contributed by atoms with Gasteiger partial charge in [-0.1, -0.05) is 0 Å². The molecule has 0 saturated heterocycles. The summed E-state index contributed by atoms with van der Waals surface area (Å²) in [5.74, 6) is -1.08. The molecule has 0 unspecified atom stereocenters. The lowest BCUT2D eigenvalue weighted by Gasteiger charge is -2.25. The van der Waals surface area contributed by atoms with Crippen LogP contribution in [0.3, 0.4) is 0 Å².